The number of benzene rings is 1. The first-order chi connectivity index (χ1) is 12.3. The van der Waals surface area contributed by atoms with E-state index in [4.69, 9.17) is 15.9 Å². The number of carbonyl (C=O) groups is 1. The van der Waals surface area contributed by atoms with Crippen molar-refractivity contribution in [1.29, 1.82) is 15.9 Å². The first-order valence-corrected chi connectivity index (χ1v) is 7.91. The molecule has 8 heteroatoms. The molecule has 1 amide bonds. The number of rotatable bonds is 2. The van der Waals surface area contributed by atoms with E-state index in [2.05, 4.69) is 10.4 Å². The predicted octanol–water partition coefficient (Wildman–Crippen LogP) is 1.43. The highest BCUT2D eigenvalue weighted by Gasteiger charge is 2.40. The van der Waals surface area contributed by atoms with Crippen LogP contribution < -0.4 is 5.32 Å². The zero-order valence-electron chi connectivity index (χ0n) is 14.7. The Hall–Kier alpha value is -3.65. The monoisotopic (exact) mass is 347 g/mol. The smallest absolute Gasteiger partial charge is 0.231 e. The average Bonchev–Trinajstić information content (AvgIpc) is 3.02. The minimum absolute atomic E-state index is 0.0322. The number of nitriles is 2. The number of hydrogen-bond donors (Lipinski definition) is 2. The second kappa shape index (κ2) is 6.01. The van der Waals surface area contributed by atoms with E-state index in [0.717, 1.165) is 5.69 Å². The number of nitrogens with one attached hydrogen (secondary N) is 2. The maximum Gasteiger partial charge on any atom is 0.231 e. The summed E-state index contributed by atoms with van der Waals surface area (Å²) in [4.78, 5) is 13.5. The van der Waals surface area contributed by atoms with Gasteiger partial charge < -0.3 is 5.32 Å². The van der Waals surface area contributed by atoms with Gasteiger partial charge in [0, 0.05) is 19.7 Å². The predicted molar refractivity (Wildman–Crippen MR) is 93.7 cm³/mol. The fourth-order valence-corrected chi connectivity index (χ4v) is 3.12. The Morgan fingerprint density at radius 2 is 1.81 bits per heavy atom. The molecule has 1 aliphatic rings. The van der Waals surface area contributed by atoms with Gasteiger partial charge >= 0.3 is 0 Å². The molecule has 1 atom stereocenters. The van der Waals surface area contributed by atoms with Gasteiger partial charge in [-0.2, -0.15) is 15.6 Å². The van der Waals surface area contributed by atoms with Crippen molar-refractivity contribution in [3.05, 3.63) is 41.1 Å². The molecule has 1 fully saturated rings. The van der Waals surface area contributed by atoms with Crippen LogP contribution in [0.3, 0.4) is 0 Å². The third-order valence-corrected chi connectivity index (χ3v) is 4.54. The number of aromatic nitrogens is 2. The summed E-state index contributed by atoms with van der Waals surface area (Å²) >= 11 is 0. The van der Waals surface area contributed by atoms with Crippen molar-refractivity contribution < 1.29 is 4.79 Å². The van der Waals surface area contributed by atoms with Gasteiger partial charge in [0.1, 0.15) is 0 Å². The van der Waals surface area contributed by atoms with Gasteiger partial charge in [0.2, 0.25) is 5.91 Å². The highest BCUT2D eigenvalue weighted by Crippen LogP contribution is 2.31. The molecule has 130 valence electrons. The Labute approximate surface area is 150 Å². The zero-order chi connectivity index (χ0) is 19.1. The van der Waals surface area contributed by atoms with Gasteiger partial charge in [0.25, 0.3) is 0 Å². The summed E-state index contributed by atoms with van der Waals surface area (Å²) in [5.41, 5.74) is 1.97. The van der Waals surface area contributed by atoms with Crippen LogP contribution in [0, 0.1) is 28.1 Å². The number of amides is 1. The Kier molecular flexibility index (Phi) is 3.97. The zero-order valence-corrected chi connectivity index (χ0v) is 14.7. The lowest BCUT2D eigenvalue weighted by molar-refractivity contribution is -0.129. The maximum absolute atomic E-state index is 12.2. The van der Waals surface area contributed by atoms with E-state index < -0.39 is 5.54 Å². The first kappa shape index (κ1) is 17.2. The van der Waals surface area contributed by atoms with Crippen molar-refractivity contribution in [1.82, 2.24) is 20.0 Å². The summed E-state index contributed by atoms with van der Waals surface area (Å²) in [5.74, 6) is -0.123. The minimum Gasteiger partial charge on any atom is -0.345 e. The Morgan fingerprint density at radius 3 is 2.35 bits per heavy atom. The van der Waals surface area contributed by atoms with Crippen LogP contribution in [0.2, 0.25) is 0 Å². The van der Waals surface area contributed by atoms with Gasteiger partial charge in [-0.1, -0.05) is 0 Å². The lowest BCUT2D eigenvalue weighted by Gasteiger charge is -2.39. The van der Waals surface area contributed by atoms with Crippen LogP contribution >= 0.6 is 0 Å². The number of aryl methyl sites for hydroxylation is 1. The molecule has 1 saturated heterocycles. The SMILES string of the molecule is CN1C(=N)N[C@@](C)(c2cc(-c3cc(C#N)cc(C#N)c3)nn2C)CC1=O. The molecular formula is C18H17N7O. The van der Waals surface area contributed by atoms with E-state index >= 15 is 0 Å². The fraction of sp³-hybridized carbons (Fsp3) is 0.278. The summed E-state index contributed by atoms with van der Waals surface area (Å²) < 4.78 is 1.65. The fourth-order valence-electron chi connectivity index (χ4n) is 3.12. The standard InChI is InChI=1S/C18H17N7O/c1-18(8-16(26)24(2)17(21)22-18)15-7-14(23-25(15)3)13-5-11(9-19)4-12(6-13)10-20/h4-7H,8H2,1-3H3,(H2,21,22)/t18-/m1/s1. The molecule has 1 aromatic heterocycles. The Morgan fingerprint density at radius 1 is 1.19 bits per heavy atom. The van der Waals surface area contributed by atoms with Crippen molar-refractivity contribution in [2.24, 2.45) is 7.05 Å². The summed E-state index contributed by atoms with van der Waals surface area (Å²) in [7, 11) is 3.32. The lowest BCUT2D eigenvalue weighted by Crippen LogP contribution is -2.58. The molecule has 26 heavy (non-hydrogen) atoms. The van der Waals surface area contributed by atoms with Gasteiger partial charge in [-0.3, -0.25) is 19.8 Å². The molecule has 8 nitrogen and oxygen atoms in total. The number of hydrogen-bond acceptors (Lipinski definition) is 5. The molecule has 1 aliphatic heterocycles. The van der Waals surface area contributed by atoms with E-state index in [0.29, 0.717) is 22.4 Å². The Bertz CT molecular complexity index is 955. The van der Waals surface area contributed by atoms with E-state index in [1.807, 2.05) is 25.1 Å². The van der Waals surface area contributed by atoms with E-state index in [1.165, 1.54) is 11.0 Å². The van der Waals surface area contributed by atoms with Crippen molar-refractivity contribution in [3.8, 4) is 23.4 Å². The minimum atomic E-state index is -0.772. The van der Waals surface area contributed by atoms with Crippen molar-refractivity contribution in [2.45, 2.75) is 18.9 Å². The van der Waals surface area contributed by atoms with Crippen LogP contribution in [0.25, 0.3) is 11.3 Å². The Balaban J connectivity index is 2.06. The van der Waals surface area contributed by atoms with Crippen LogP contribution in [0.4, 0.5) is 0 Å². The average molecular weight is 347 g/mol. The summed E-state index contributed by atoms with van der Waals surface area (Å²) in [6, 6.07) is 10.8. The highest BCUT2D eigenvalue weighted by atomic mass is 16.2. The summed E-state index contributed by atoms with van der Waals surface area (Å²) in [6.07, 6.45) is 0.187. The van der Waals surface area contributed by atoms with Crippen molar-refractivity contribution in [2.75, 3.05) is 7.05 Å². The molecule has 2 heterocycles. The third kappa shape index (κ3) is 2.78. The molecule has 2 N–H and O–H groups in total. The highest BCUT2D eigenvalue weighted by molar-refractivity contribution is 5.98. The van der Waals surface area contributed by atoms with Crippen LogP contribution in [0.5, 0.6) is 0 Å². The maximum atomic E-state index is 12.2. The normalized spacial score (nSPS) is 19.7. The molecule has 0 bridgehead atoms. The number of carbonyl (C=O) groups excluding carboxylic acids is 1. The first-order valence-electron chi connectivity index (χ1n) is 7.91. The molecule has 0 radical (unpaired) electrons. The second-order valence-electron chi connectivity index (χ2n) is 6.50. The quantitative estimate of drug-likeness (QED) is 0.851. The van der Waals surface area contributed by atoms with E-state index in [1.54, 1.807) is 30.9 Å². The molecule has 3 rings (SSSR count). The topological polar surface area (TPSA) is 122 Å². The molecular weight excluding hydrogens is 330 g/mol. The van der Waals surface area contributed by atoms with E-state index in [9.17, 15) is 4.79 Å². The van der Waals surface area contributed by atoms with Crippen molar-refractivity contribution in [3.63, 3.8) is 0 Å². The molecule has 2 aromatic rings. The largest absolute Gasteiger partial charge is 0.345 e. The van der Waals surface area contributed by atoms with Crippen LogP contribution in [0.15, 0.2) is 24.3 Å². The van der Waals surface area contributed by atoms with Gasteiger partial charge in [-0.05, 0) is 31.2 Å². The third-order valence-electron chi connectivity index (χ3n) is 4.54. The molecule has 0 saturated carbocycles. The molecule has 0 unspecified atom stereocenters. The van der Waals surface area contributed by atoms with Crippen LogP contribution in [0.1, 0.15) is 30.2 Å². The van der Waals surface area contributed by atoms with Crippen LogP contribution in [-0.4, -0.2) is 33.6 Å². The van der Waals surface area contributed by atoms with Crippen LogP contribution in [-0.2, 0) is 17.4 Å². The van der Waals surface area contributed by atoms with E-state index in [-0.39, 0.29) is 18.3 Å². The number of guanidine groups is 1. The van der Waals surface area contributed by atoms with Gasteiger partial charge in [-0.15, -0.1) is 0 Å². The second-order valence-corrected chi connectivity index (χ2v) is 6.50. The summed E-state index contributed by atoms with van der Waals surface area (Å²) in [5, 5.41) is 33.8. The molecule has 0 aliphatic carbocycles. The molecule has 1 aromatic carbocycles. The van der Waals surface area contributed by atoms with Gasteiger partial charge in [-0.25, -0.2) is 0 Å². The number of nitrogens with zero attached hydrogens (tertiary/aromatic N) is 5. The summed E-state index contributed by atoms with van der Waals surface area (Å²) in [6.45, 7) is 1.85. The lowest BCUT2D eigenvalue weighted by atomic mass is 9.90. The molecule has 0 spiro atoms. The van der Waals surface area contributed by atoms with Gasteiger partial charge in [0.15, 0.2) is 5.96 Å². The van der Waals surface area contributed by atoms with Gasteiger partial charge in [0.05, 0.1) is 46.6 Å². The van der Waals surface area contributed by atoms with Crippen molar-refractivity contribution >= 4 is 11.9 Å².